The molecule has 0 amide bonds. The van der Waals surface area contributed by atoms with Gasteiger partial charge in [0.15, 0.2) is 0 Å². The lowest BCUT2D eigenvalue weighted by Crippen LogP contribution is -1.87. The lowest BCUT2D eigenvalue weighted by Gasteiger charge is -1.71. The fourth-order valence-electron chi connectivity index (χ4n) is 0.235. The molecule has 0 saturated carbocycles. The van der Waals surface area contributed by atoms with E-state index in [9.17, 15) is 19.2 Å². The van der Waals surface area contributed by atoms with Gasteiger partial charge in [-0.25, -0.2) is 0 Å². The SMILES string of the molecule is CC(=O)CC=O.CC(=O)CC=O. The number of carbonyl (C=O) groups is 4. The molecule has 0 radical (unpaired) electrons. The van der Waals surface area contributed by atoms with Crippen molar-refractivity contribution >= 4 is 24.1 Å². The van der Waals surface area contributed by atoms with E-state index in [0.29, 0.717) is 12.6 Å². The zero-order chi connectivity index (χ0) is 9.98. The molecule has 0 aliphatic heterocycles. The Morgan fingerprint density at radius 2 is 1.17 bits per heavy atom. The standard InChI is InChI=1S/2C4H6O2/c2*1-4(6)2-3-5/h2*3H,2H2,1H3. The predicted octanol–water partition coefficient (Wildman–Crippen LogP) is 0.329. The summed E-state index contributed by atoms with van der Waals surface area (Å²) in [6.45, 7) is 2.77. The van der Waals surface area contributed by atoms with Crippen LogP contribution in [0.15, 0.2) is 0 Å². The van der Waals surface area contributed by atoms with Crippen molar-refractivity contribution in [1.29, 1.82) is 0 Å². The topological polar surface area (TPSA) is 68.3 Å². The third-order valence-electron chi connectivity index (χ3n) is 0.742. The van der Waals surface area contributed by atoms with Crippen LogP contribution in [0.25, 0.3) is 0 Å². The van der Waals surface area contributed by atoms with Gasteiger partial charge in [-0.15, -0.1) is 0 Å². The van der Waals surface area contributed by atoms with E-state index in [4.69, 9.17) is 0 Å². The van der Waals surface area contributed by atoms with E-state index in [2.05, 4.69) is 0 Å². The molecule has 4 heteroatoms. The first-order chi connectivity index (χ1) is 5.54. The number of aldehydes is 2. The van der Waals surface area contributed by atoms with Gasteiger partial charge in [0.25, 0.3) is 0 Å². The quantitative estimate of drug-likeness (QED) is 0.452. The van der Waals surface area contributed by atoms with Crippen molar-refractivity contribution in [2.75, 3.05) is 0 Å². The monoisotopic (exact) mass is 172 g/mol. The van der Waals surface area contributed by atoms with Gasteiger partial charge in [0.2, 0.25) is 0 Å². The smallest absolute Gasteiger partial charge is 0.136 e. The van der Waals surface area contributed by atoms with E-state index in [0.717, 1.165) is 0 Å². The van der Waals surface area contributed by atoms with E-state index < -0.39 is 0 Å². The van der Waals surface area contributed by atoms with Gasteiger partial charge < -0.3 is 9.59 Å². The molecule has 0 aliphatic carbocycles. The Kier molecular flexibility index (Phi) is 10.7. The molecule has 0 unspecified atom stereocenters. The van der Waals surface area contributed by atoms with Crippen LogP contribution < -0.4 is 0 Å². The molecule has 4 nitrogen and oxygen atoms in total. The first-order valence-electron chi connectivity index (χ1n) is 3.40. The van der Waals surface area contributed by atoms with E-state index in [1.807, 2.05) is 0 Å². The van der Waals surface area contributed by atoms with Crippen LogP contribution in [0.1, 0.15) is 26.7 Å². The summed E-state index contributed by atoms with van der Waals surface area (Å²) in [6.07, 6.45) is 1.31. The van der Waals surface area contributed by atoms with Crippen molar-refractivity contribution in [1.82, 2.24) is 0 Å². The minimum Gasteiger partial charge on any atom is -0.303 e. The number of carbonyl (C=O) groups excluding carboxylic acids is 4. The number of hydrogen-bond acceptors (Lipinski definition) is 4. The number of rotatable bonds is 4. The zero-order valence-corrected chi connectivity index (χ0v) is 7.20. The maximum Gasteiger partial charge on any atom is 0.136 e. The Labute approximate surface area is 70.9 Å². The van der Waals surface area contributed by atoms with Crippen LogP contribution in [0.2, 0.25) is 0 Å². The average molecular weight is 172 g/mol. The number of ketones is 2. The summed E-state index contributed by atoms with van der Waals surface area (Å²) in [5, 5.41) is 0. The largest absolute Gasteiger partial charge is 0.303 e. The minimum absolute atomic E-state index is 0.0556. The second kappa shape index (κ2) is 9.68. The van der Waals surface area contributed by atoms with Crippen molar-refractivity contribution < 1.29 is 19.2 Å². The zero-order valence-electron chi connectivity index (χ0n) is 7.20. The summed E-state index contributed by atoms with van der Waals surface area (Å²) in [4.78, 5) is 38.4. The van der Waals surface area contributed by atoms with E-state index in [1.165, 1.54) is 13.8 Å². The van der Waals surface area contributed by atoms with Crippen LogP contribution in [0, 0.1) is 0 Å². The van der Waals surface area contributed by atoms with Crippen molar-refractivity contribution in [3.05, 3.63) is 0 Å². The lowest BCUT2D eigenvalue weighted by molar-refractivity contribution is -0.122. The molecule has 0 bridgehead atoms. The van der Waals surface area contributed by atoms with Gasteiger partial charge in [-0.1, -0.05) is 0 Å². The number of hydrogen-bond donors (Lipinski definition) is 0. The summed E-state index contributed by atoms with van der Waals surface area (Å²) >= 11 is 0. The Balaban J connectivity index is 0. The van der Waals surface area contributed by atoms with Gasteiger partial charge in [0, 0.05) is 0 Å². The van der Waals surface area contributed by atoms with Gasteiger partial charge in [-0.3, -0.25) is 9.59 Å². The summed E-state index contributed by atoms with van der Waals surface area (Å²) in [6, 6.07) is 0. The Hall–Kier alpha value is -1.32. The fourth-order valence-corrected chi connectivity index (χ4v) is 0.235. The summed E-state index contributed by atoms with van der Waals surface area (Å²) in [5.41, 5.74) is 0. The third kappa shape index (κ3) is 23.4. The lowest BCUT2D eigenvalue weighted by atomic mass is 10.3. The normalized spacial score (nSPS) is 7.50. The molecule has 0 aromatic rings. The predicted molar refractivity (Wildman–Crippen MR) is 42.7 cm³/mol. The van der Waals surface area contributed by atoms with Crippen molar-refractivity contribution in [3.63, 3.8) is 0 Å². The highest BCUT2D eigenvalue weighted by Crippen LogP contribution is 1.70. The fraction of sp³-hybridized carbons (Fsp3) is 0.500. The van der Waals surface area contributed by atoms with Crippen LogP contribution in [-0.2, 0) is 19.2 Å². The second-order valence-electron chi connectivity index (χ2n) is 2.15. The third-order valence-corrected chi connectivity index (χ3v) is 0.742. The highest BCUT2D eigenvalue weighted by molar-refractivity contribution is 5.88. The molecule has 0 N–H and O–H groups in total. The Morgan fingerprint density at radius 1 is 0.917 bits per heavy atom. The molecule has 0 rings (SSSR count). The molecule has 0 fully saturated rings. The van der Waals surface area contributed by atoms with Gasteiger partial charge in [0.1, 0.15) is 24.1 Å². The van der Waals surface area contributed by atoms with Crippen molar-refractivity contribution in [3.8, 4) is 0 Å². The molecular weight excluding hydrogens is 160 g/mol. The highest BCUT2D eigenvalue weighted by atomic mass is 16.1. The van der Waals surface area contributed by atoms with Crippen LogP contribution in [0.4, 0.5) is 0 Å². The van der Waals surface area contributed by atoms with Crippen LogP contribution in [-0.4, -0.2) is 24.1 Å². The summed E-state index contributed by atoms with van der Waals surface area (Å²) in [5.74, 6) is -0.157. The average Bonchev–Trinajstić information content (AvgIpc) is 1.87. The summed E-state index contributed by atoms with van der Waals surface area (Å²) < 4.78 is 0. The van der Waals surface area contributed by atoms with Crippen molar-refractivity contribution in [2.45, 2.75) is 26.7 Å². The molecule has 0 aromatic heterocycles. The van der Waals surface area contributed by atoms with Crippen molar-refractivity contribution in [2.24, 2.45) is 0 Å². The van der Waals surface area contributed by atoms with Crippen LogP contribution in [0.5, 0.6) is 0 Å². The van der Waals surface area contributed by atoms with Gasteiger partial charge in [-0.2, -0.15) is 0 Å². The van der Waals surface area contributed by atoms with Gasteiger partial charge in [-0.05, 0) is 13.8 Å². The van der Waals surface area contributed by atoms with Crippen LogP contribution >= 0.6 is 0 Å². The molecule has 68 valence electrons. The molecular formula is C8H12O4. The minimum atomic E-state index is -0.0787. The molecule has 0 spiro atoms. The molecule has 0 heterocycles. The van der Waals surface area contributed by atoms with E-state index >= 15 is 0 Å². The Bertz CT molecular complexity index is 152. The van der Waals surface area contributed by atoms with E-state index in [-0.39, 0.29) is 24.4 Å². The second-order valence-corrected chi connectivity index (χ2v) is 2.15. The molecule has 0 aromatic carbocycles. The maximum atomic E-state index is 9.81. The van der Waals surface area contributed by atoms with E-state index in [1.54, 1.807) is 0 Å². The first kappa shape index (κ1) is 13.3. The Morgan fingerprint density at radius 3 is 1.17 bits per heavy atom. The maximum absolute atomic E-state index is 9.81. The molecule has 12 heavy (non-hydrogen) atoms. The molecule has 0 aliphatic rings. The number of Topliss-reactive ketones (excluding diaryl/α,β-unsaturated/α-hetero) is 2. The highest BCUT2D eigenvalue weighted by Gasteiger charge is 1.84. The van der Waals surface area contributed by atoms with Gasteiger partial charge >= 0.3 is 0 Å². The van der Waals surface area contributed by atoms with Gasteiger partial charge in [0.05, 0.1) is 12.8 Å². The molecule has 0 saturated heterocycles. The van der Waals surface area contributed by atoms with Crippen LogP contribution in [0.3, 0.4) is 0 Å². The first-order valence-corrected chi connectivity index (χ1v) is 3.40. The molecule has 0 atom stereocenters. The summed E-state index contributed by atoms with van der Waals surface area (Å²) in [7, 11) is 0.